The van der Waals surface area contributed by atoms with Crippen molar-refractivity contribution in [3.63, 3.8) is 0 Å². The number of nitrogens with zero attached hydrogens (tertiary/aromatic N) is 2. The predicted molar refractivity (Wildman–Crippen MR) is 69.9 cm³/mol. The Morgan fingerprint density at radius 1 is 1.35 bits per heavy atom. The van der Waals surface area contributed by atoms with Crippen molar-refractivity contribution < 1.29 is 9.53 Å². The molecule has 1 unspecified atom stereocenters. The van der Waals surface area contributed by atoms with Crippen LogP contribution in [-0.2, 0) is 9.53 Å². The number of amides is 1. The summed E-state index contributed by atoms with van der Waals surface area (Å²) in [6, 6.07) is 0. The van der Waals surface area contributed by atoms with Crippen molar-refractivity contribution in [2.75, 3.05) is 46.9 Å². The van der Waals surface area contributed by atoms with E-state index < -0.39 is 0 Å². The molecule has 0 aliphatic heterocycles. The maximum Gasteiger partial charge on any atom is 0.236 e. The fourth-order valence-electron chi connectivity index (χ4n) is 1.60. The minimum absolute atomic E-state index is 0.0153. The Bertz CT molecular complexity index is 210. The molecule has 0 aromatic carbocycles. The topological polar surface area (TPSA) is 58.8 Å². The van der Waals surface area contributed by atoms with Crippen LogP contribution in [0.3, 0.4) is 0 Å². The van der Waals surface area contributed by atoms with E-state index in [9.17, 15) is 4.79 Å². The number of nitrogens with two attached hydrogens (primary N) is 1. The number of hydrogen-bond donors (Lipinski definition) is 1. The van der Waals surface area contributed by atoms with Crippen LogP contribution in [0, 0.1) is 0 Å². The first-order valence-electron chi connectivity index (χ1n) is 6.29. The zero-order valence-electron chi connectivity index (χ0n) is 11.6. The lowest BCUT2D eigenvalue weighted by molar-refractivity contribution is -0.130. The van der Waals surface area contributed by atoms with Crippen molar-refractivity contribution in [3.05, 3.63) is 0 Å². The summed E-state index contributed by atoms with van der Waals surface area (Å²) in [5.41, 5.74) is 5.65. The summed E-state index contributed by atoms with van der Waals surface area (Å²) in [6.45, 7) is 7.25. The van der Waals surface area contributed by atoms with Crippen molar-refractivity contribution in [1.29, 1.82) is 0 Å². The molecule has 0 aliphatic rings. The first-order valence-corrected chi connectivity index (χ1v) is 6.29. The molecular weight excluding hydrogens is 218 g/mol. The molecule has 102 valence electrons. The van der Waals surface area contributed by atoms with Gasteiger partial charge in [0.1, 0.15) is 0 Å². The lowest BCUT2D eigenvalue weighted by atomic mass is 10.3. The van der Waals surface area contributed by atoms with Gasteiger partial charge in [0.15, 0.2) is 0 Å². The summed E-state index contributed by atoms with van der Waals surface area (Å²) in [6.07, 6.45) is 1.03. The van der Waals surface area contributed by atoms with Crippen molar-refractivity contribution in [2.45, 2.75) is 26.4 Å². The molecule has 5 heteroatoms. The van der Waals surface area contributed by atoms with Crippen LogP contribution in [0.4, 0.5) is 0 Å². The third-order valence-corrected chi connectivity index (χ3v) is 2.52. The van der Waals surface area contributed by atoms with Crippen LogP contribution in [0.1, 0.15) is 20.3 Å². The standard InChI is InChI=1S/C12H27N3O2/c1-5-7-15(10-12(16)14(3)4)9-11(8-13)17-6-2/h11H,5-10,13H2,1-4H3. The lowest BCUT2D eigenvalue weighted by Crippen LogP contribution is -2.43. The SMILES string of the molecule is CCCN(CC(=O)N(C)C)CC(CN)OCC. The van der Waals surface area contributed by atoms with Crippen molar-refractivity contribution in [1.82, 2.24) is 9.80 Å². The van der Waals surface area contributed by atoms with E-state index >= 15 is 0 Å². The van der Waals surface area contributed by atoms with E-state index in [-0.39, 0.29) is 12.0 Å². The number of carbonyl (C=O) groups excluding carboxylic acids is 1. The highest BCUT2D eigenvalue weighted by molar-refractivity contribution is 5.77. The van der Waals surface area contributed by atoms with E-state index in [2.05, 4.69) is 11.8 Å². The van der Waals surface area contributed by atoms with Crippen molar-refractivity contribution in [2.24, 2.45) is 5.73 Å². The second-order valence-corrected chi connectivity index (χ2v) is 4.34. The Kier molecular flexibility index (Phi) is 9.03. The molecular formula is C12H27N3O2. The Morgan fingerprint density at radius 2 is 2.00 bits per heavy atom. The second-order valence-electron chi connectivity index (χ2n) is 4.34. The average Bonchev–Trinajstić information content (AvgIpc) is 2.28. The molecule has 0 saturated heterocycles. The first kappa shape index (κ1) is 16.4. The molecule has 2 N–H and O–H groups in total. The molecule has 0 rings (SSSR count). The Balaban J connectivity index is 4.25. The Labute approximate surface area is 105 Å². The fraction of sp³-hybridized carbons (Fsp3) is 0.917. The van der Waals surface area contributed by atoms with Gasteiger partial charge in [0, 0.05) is 33.8 Å². The average molecular weight is 245 g/mol. The van der Waals surface area contributed by atoms with E-state index in [1.807, 2.05) is 6.92 Å². The van der Waals surface area contributed by atoms with E-state index in [0.717, 1.165) is 19.5 Å². The number of carbonyl (C=O) groups is 1. The van der Waals surface area contributed by atoms with Crippen LogP contribution in [0.5, 0.6) is 0 Å². The molecule has 0 aliphatic carbocycles. The van der Waals surface area contributed by atoms with Gasteiger partial charge in [-0.05, 0) is 19.9 Å². The summed E-state index contributed by atoms with van der Waals surface area (Å²) in [5.74, 6) is 0.116. The fourth-order valence-corrected chi connectivity index (χ4v) is 1.60. The highest BCUT2D eigenvalue weighted by atomic mass is 16.5. The predicted octanol–water partition coefficient (Wildman–Crippen LogP) is 0.150. The van der Waals surface area contributed by atoms with Crippen molar-refractivity contribution in [3.8, 4) is 0 Å². The number of rotatable bonds is 9. The maximum atomic E-state index is 11.7. The normalized spacial score (nSPS) is 12.8. The molecule has 1 amide bonds. The molecule has 0 fully saturated rings. The molecule has 0 aromatic heterocycles. The van der Waals surface area contributed by atoms with Crippen LogP contribution in [-0.4, -0.2) is 68.7 Å². The first-order chi connectivity index (χ1) is 8.04. The van der Waals surface area contributed by atoms with E-state index in [4.69, 9.17) is 10.5 Å². The zero-order valence-corrected chi connectivity index (χ0v) is 11.6. The minimum Gasteiger partial charge on any atom is -0.376 e. The summed E-state index contributed by atoms with van der Waals surface area (Å²) >= 11 is 0. The van der Waals surface area contributed by atoms with Gasteiger partial charge >= 0.3 is 0 Å². The minimum atomic E-state index is 0.0153. The lowest BCUT2D eigenvalue weighted by Gasteiger charge is -2.27. The van der Waals surface area contributed by atoms with Crippen LogP contribution in [0.15, 0.2) is 0 Å². The molecule has 1 atom stereocenters. The Morgan fingerprint density at radius 3 is 2.41 bits per heavy atom. The van der Waals surface area contributed by atoms with Gasteiger partial charge < -0.3 is 15.4 Å². The number of ether oxygens (including phenoxy) is 1. The van der Waals surface area contributed by atoms with Gasteiger partial charge in [-0.15, -0.1) is 0 Å². The summed E-state index contributed by atoms with van der Waals surface area (Å²) in [4.78, 5) is 15.4. The number of hydrogen-bond acceptors (Lipinski definition) is 4. The molecule has 0 aromatic rings. The smallest absolute Gasteiger partial charge is 0.236 e. The van der Waals surface area contributed by atoms with E-state index in [1.165, 1.54) is 0 Å². The molecule has 0 heterocycles. The summed E-state index contributed by atoms with van der Waals surface area (Å²) < 4.78 is 5.52. The molecule has 0 spiro atoms. The van der Waals surface area contributed by atoms with E-state index in [1.54, 1.807) is 19.0 Å². The van der Waals surface area contributed by atoms with Gasteiger partial charge in [0.05, 0.1) is 12.6 Å². The highest BCUT2D eigenvalue weighted by Gasteiger charge is 2.16. The van der Waals surface area contributed by atoms with Gasteiger partial charge in [0.25, 0.3) is 0 Å². The molecule has 5 nitrogen and oxygen atoms in total. The third-order valence-electron chi connectivity index (χ3n) is 2.52. The van der Waals surface area contributed by atoms with Crippen LogP contribution in [0.25, 0.3) is 0 Å². The molecule has 0 bridgehead atoms. The Hall–Kier alpha value is -0.650. The maximum absolute atomic E-state index is 11.7. The van der Waals surface area contributed by atoms with Crippen LogP contribution >= 0.6 is 0 Å². The molecule has 0 saturated carbocycles. The molecule has 17 heavy (non-hydrogen) atoms. The van der Waals surface area contributed by atoms with Crippen LogP contribution < -0.4 is 5.73 Å². The second kappa shape index (κ2) is 9.39. The summed E-state index contributed by atoms with van der Waals surface area (Å²) in [7, 11) is 3.55. The molecule has 0 radical (unpaired) electrons. The van der Waals surface area contributed by atoms with Crippen molar-refractivity contribution >= 4 is 5.91 Å². The third kappa shape index (κ3) is 7.31. The highest BCUT2D eigenvalue weighted by Crippen LogP contribution is 1.99. The monoisotopic (exact) mass is 245 g/mol. The van der Waals surface area contributed by atoms with Crippen LogP contribution in [0.2, 0.25) is 0 Å². The van der Waals surface area contributed by atoms with Gasteiger partial charge in [-0.2, -0.15) is 0 Å². The zero-order chi connectivity index (χ0) is 13.3. The quantitative estimate of drug-likeness (QED) is 0.628. The largest absolute Gasteiger partial charge is 0.376 e. The summed E-state index contributed by atoms with van der Waals surface area (Å²) in [5, 5.41) is 0. The van der Waals surface area contributed by atoms with Gasteiger partial charge in [-0.3, -0.25) is 9.69 Å². The van der Waals surface area contributed by atoms with Gasteiger partial charge in [-0.1, -0.05) is 6.92 Å². The van der Waals surface area contributed by atoms with E-state index in [0.29, 0.717) is 19.7 Å². The van der Waals surface area contributed by atoms with Gasteiger partial charge in [0.2, 0.25) is 5.91 Å². The van der Waals surface area contributed by atoms with Gasteiger partial charge in [-0.25, -0.2) is 0 Å². The number of likely N-dealkylation sites (N-methyl/N-ethyl adjacent to an activating group) is 1.